The number of halogens is 3. The molecule has 5 nitrogen and oxygen atoms in total. The highest BCUT2D eigenvalue weighted by Crippen LogP contribution is 2.45. The molecule has 2 aliphatic rings. The van der Waals surface area contributed by atoms with E-state index in [0.29, 0.717) is 48.9 Å². The summed E-state index contributed by atoms with van der Waals surface area (Å²) in [6, 6.07) is 8.59. The number of carbonyl (C=O) groups is 1. The molecule has 2 atom stereocenters. The molecule has 4 rings (SSSR count). The summed E-state index contributed by atoms with van der Waals surface area (Å²) < 4.78 is 20.2. The summed E-state index contributed by atoms with van der Waals surface area (Å²) in [5, 5.41) is 6.81. The number of hydrogen-bond acceptors (Lipinski definition) is 4. The van der Waals surface area contributed by atoms with Crippen molar-refractivity contribution >= 4 is 34.8 Å². The van der Waals surface area contributed by atoms with Gasteiger partial charge in [0.2, 0.25) is 5.91 Å². The Morgan fingerprint density at radius 1 is 1.29 bits per heavy atom. The second kappa shape index (κ2) is 7.95. The highest BCUT2D eigenvalue weighted by molar-refractivity contribution is 6.31. The van der Waals surface area contributed by atoms with Crippen LogP contribution >= 0.6 is 23.2 Å². The van der Waals surface area contributed by atoms with Crippen LogP contribution in [0.1, 0.15) is 24.3 Å². The number of nitrogens with one attached hydrogen (secondary N) is 2. The first-order valence-corrected chi connectivity index (χ1v) is 9.95. The average molecular weight is 424 g/mol. The lowest BCUT2D eigenvalue weighted by atomic mass is 9.73. The molecule has 0 saturated carbocycles. The standard InChI is InChI=1S/C20H20Cl2FN3O2/c21-12-2-1-3-13(10-12)26-19(27)16-15(14-4-7-24-18(22)17(14)23)11-25-20(16)5-8-28-9-6-20/h1-4,7,10,15-16,25H,5-6,8-9,11H2,(H,26,27). The Balaban J connectivity index is 1.70. The highest BCUT2D eigenvalue weighted by Gasteiger charge is 2.53. The summed E-state index contributed by atoms with van der Waals surface area (Å²) in [4.78, 5) is 17.2. The molecule has 2 N–H and O–H groups in total. The third-order valence-corrected chi connectivity index (χ3v) is 6.21. The van der Waals surface area contributed by atoms with Crippen LogP contribution in [0.25, 0.3) is 0 Å². The van der Waals surface area contributed by atoms with Crippen molar-refractivity contribution in [2.24, 2.45) is 5.92 Å². The minimum atomic E-state index is -0.569. The lowest BCUT2D eigenvalue weighted by Crippen LogP contribution is -2.53. The summed E-state index contributed by atoms with van der Waals surface area (Å²) in [6.45, 7) is 1.59. The van der Waals surface area contributed by atoms with Gasteiger partial charge in [-0.2, -0.15) is 0 Å². The molecule has 1 aromatic carbocycles. The van der Waals surface area contributed by atoms with E-state index in [1.54, 1.807) is 30.3 Å². The maximum atomic E-state index is 14.7. The van der Waals surface area contributed by atoms with Gasteiger partial charge in [-0.3, -0.25) is 4.79 Å². The zero-order valence-electron chi connectivity index (χ0n) is 15.1. The second-order valence-corrected chi connectivity index (χ2v) is 8.03. The van der Waals surface area contributed by atoms with E-state index in [2.05, 4.69) is 15.6 Å². The number of rotatable bonds is 3. The minimum Gasteiger partial charge on any atom is -0.381 e. The fourth-order valence-electron chi connectivity index (χ4n) is 4.38. The van der Waals surface area contributed by atoms with Crippen LogP contribution in [0.15, 0.2) is 36.5 Å². The van der Waals surface area contributed by atoms with Crippen LogP contribution in [0.2, 0.25) is 10.2 Å². The molecule has 148 valence electrons. The van der Waals surface area contributed by atoms with Gasteiger partial charge in [-0.1, -0.05) is 29.3 Å². The maximum absolute atomic E-state index is 14.7. The van der Waals surface area contributed by atoms with Crippen LogP contribution in [-0.2, 0) is 9.53 Å². The first-order valence-electron chi connectivity index (χ1n) is 9.19. The van der Waals surface area contributed by atoms with Crippen LogP contribution in [0.4, 0.5) is 10.1 Å². The third-order valence-electron chi connectivity index (χ3n) is 5.71. The van der Waals surface area contributed by atoms with Gasteiger partial charge in [0.1, 0.15) is 0 Å². The molecule has 8 heteroatoms. The largest absolute Gasteiger partial charge is 0.381 e. The number of aromatic nitrogens is 1. The van der Waals surface area contributed by atoms with E-state index in [1.165, 1.54) is 6.20 Å². The molecule has 2 aliphatic heterocycles. The number of amides is 1. The number of anilines is 1. The van der Waals surface area contributed by atoms with Crippen LogP contribution in [-0.4, -0.2) is 36.2 Å². The third kappa shape index (κ3) is 3.62. The molecule has 2 aromatic rings. The SMILES string of the molecule is O=C(Nc1cccc(Cl)c1)C1C(c2ccnc(Cl)c2F)CNC12CCOCC2. The van der Waals surface area contributed by atoms with Gasteiger partial charge in [0, 0.05) is 48.1 Å². The fourth-order valence-corrected chi connectivity index (χ4v) is 4.73. The number of carbonyl (C=O) groups excluding carboxylic acids is 1. The zero-order valence-corrected chi connectivity index (χ0v) is 16.6. The summed E-state index contributed by atoms with van der Waals surface area (Å²) in [7, 11) is 0. The van der Waals surface area contributed by atoms with Crippen LogP contribution in [0.3, 0.4) is 0 Å². The van der Waals surface area contributed by atoms with Crippen molar-refractivity contribution in [3.05, 3.63) is 58.1 Å². The Morgan fingerprint density at radius 2 is 2.07 bits per heavy atom. The van der Waals surface area contributed by atoms with Gasteiger partial charge in [0.25, 0.3) is 0 Å². The molecular weight excluding hydrogens is 404 g/mol. The lowest BCUT2D eigenvalue weighted by molar-refractivity contribution is -0.123. The van der Waals surface area contributed by atoms with E-state index in [0.717, 1.165) is 0 Å². The van der Waals surface area contributed by atoms with Crippen molar-refractivity contribution in [3.63, 3.8) is 0 Å². The van der Waals surface area contributed by atoms with Crippen molar-refractivity contribution < 1.29 is 13.9 Å². The van der Waals surface area contributed by atoms with E-state index < -0.39 is 17.3 Å². The van der Waals surface area contributed by atoms with Gasteiger partial charge in [-0.15, -0.1) is 0 Å². The van der Waals surface area contributed by atoms with Crippen LogP contribution in [0.5, 0.6) is 0 Å². The Morgan fingerprint density at radius 3 is 2.82 bits per heavy atom. The van der Waals surface area contributed by atoms with Crippen molar-refractivity contribution in [1.29, 1.82) is 0 Å². The first kappa shape index (κ1) is 19.6. The van der Waals surface area contributed by atoms with E-state index in [1.807, 2.05) is 0 Å². The quantitative estimate of drug-likeness (QED) is 0.731. The van der Waals surface area contributed by atoms with Crippen LogP contribution in [0, 0.1) is 11.7 Å². The molecule has 0 bridgehead atoms. The Labute approximate surface area is 172 Å². The Kier molecular flexibility index (Phi) is 5.56. The van der Waals surface area contributed by atoms with Crippen molar-refractivity contribution in [2.75, 3.05) is 25.1 Å². The van der Waals surface area contributed by atoms with Gasteiger partial charge >= 0.3 is 0 Å². The minimum absolute atomic E-state index is 0.175. The summed E-state index contributed by atoms with van der Waals surface area (Å²) in [5.74, 6) is -1.59. The molecule has 0 radical (unpaired) electrons. The second-order valence-electron chi connectivity index (χ2n) is 7.24. The first-order chi connectivity index (χ1) is 13.5. The number of ether oxygens (including phenoxy) is 1. The van der Waals surface area contributed by atoms with E-state index in [4.69, 9.17) is 27.9 Å². The fraction of sp³-hybridized carbons (Fsp3) is 0.400. The molecule has 28 heavy (non-hydrogen) atoms. The molecular formula is C20H20Cl2FN3O2. The predicted octanol–water partition coefficient (Wildman–Crippen LogP) is 4.02. The molecule has 2 saturated heterocycles. The normalized spacial score (nSPS) is 23.7. The molecule has 2 fully saturated rings. The highest BCUT2D eigenvalue weighted by atomic mass is 35.5. The number of hydrogen-bond donors (Lipinski definition) is 2. The number of nitrogens with zero attached hydrogens (tertiary/aromatic N) is 1. The smallest absolute Gasteiger partial charge is 0.230 e. The summed E-state index contributed by atoms with van der Waals surface area (Å²) in [5.41, 5.74) is 0.564. The average Bonchev–Trinajstić information content (AvgIpc) is 3.03. The number of pyridine rings is 1. The molecule has 2 unspecified atom stereocenters. The summed E-state index contributed by atoms with van der Waals surface area (Å²) >= 11 is 11.9. The molecule has 1 aromatic heterocycles. The van der Waals surface area contributed by atoms with E-state index >= 15 is 0 Å². The van der Waals surface area contributed by atoms with Gasteiger partial charge in [0.05, 0.1) is 5.92 Å². The number of benzene rings is 1. The Bertz CT molecular complexity index is 890. The van der Waals surface area contributed by atoms with Gasteiger partial charge in [-0.05, 0) is 42.7 Å². The molecule has 1 amide bonds. The van der Waals surface area contributed by atoms with E-state index in [9.17, 15) is 9.18 Å². The monoisotopic (exact) mass is 423 g/mol. The molecule has 3 heterocycles. The van der Waals surface area contributed by atoms with Crippen molar-refractivity contribution in [1.82, 2.24) is 10.3 Å². The van der Waals surface area contributed by atoms with Gasteiger partial charge in [-0.25, -0.2) is 9.37 Å². The van der Waals surface area contributed by atoms with Gasteiger partial charge in [0.15, 0.2) is 11.0 Å². The van der Waals surface area contributed by atoms with E-state index in [-0.39, 0.29) is 17.0 Å². The van der Waals surface area contributed by atoms with Crippen molar-refractivity contribution in [2.45, 2.75) is 24.3 Å². The van der Waals surface area contributed by atoms with Gasteiger partial charge < -0.3 is 15.4 Å². The predicted molar refractivity (Wildman–Crippen MR) is 106 cm³/mol. The summed E-state index contributed by atoms with van der Waals surface area (Å²) in [6.07, 6.45) is 2.83. The van der Waals surface area contributed by atoms with Crippen molar-refractivity contribution in [3.8, 4) is 0 Å². The molecule has 1 spiro atoms. The van der Waals surface area contributed by atoms with Crippen LogP contribution < -0.4 is 10.6 Å². The Hall–Kier alpha value is -1.73. The molecule has 0 aliphatic carbocycles. The lowest BCUT2D eigenvalue weighted by Gasteiger charge is -2.39. The topological polar surface area (TPSA) is 63.2 Å². The zero-order chi connectivity index (χ0) is 19.7. The maximum Gasteiger partial charge on any atom is 0.230 e.